The van der Waals surface area contributed by atoms with Gasteiger partial charge in [0.05, 0.1) is 0 Å². The molecule has 6 heteroatoms. The van der Waals surface area contributed by atoms with Crippen molar-refractivity contribution in [1.82, 2.24) is 0 Å². The molecule has 0 saturated carbocycles. The number of hydrogen-bond donors (Lipinski definition) is 0. The quantitative estimate of drug-likeness (QED) is 0.0344. The summed E-state index contributed by atoms with van der Waals surface area (Å²) in [7, 11) is 0. The highest BCUT2D eigenvalue weighted by Gasteiger charge is 2.19. The Labute approximate surface area is 380 Å². The fraction of sp³-hybridized carbons (Fsp3) is 0.945. The van der Waals surface area contributed by atoms with E-state index in [1.807, 2.05) is 0 Å². The fourth-order valence-corrected chi connectivity index (χ4v) is 8.45. The number of ether oxygens (including phenoxy) is 3. The van der Waals surface area contributed by atoms with Gasteiger partial charge in [-0.05, 0) is 19.3 Å². The summed E-state index contributed by atoms with van der Waals surface area (Å²) in [6.07, 6.45) is 55.1. The van der Waals surface area contributed by atoms with Gasteiger partial charge in [-0.25, -0.2) is 0 Å². The molecule has 0 amide bonds. The molecule has 0 aromatic heterocycles. The minimum atomic E-state index is -0.760. The molecule has 362 valence electrons. The Morgan fingerprint density at radius 3 is 0.656 bits per heavy atom. The molecule has 0 bridgehead atoms. The third kappa shape index (κ3) is 49.3. The van der Waals surface area contributed by atoms with E-state index in [1.165, 1.54) is 218 Å². The van der Waals surface area contributed by atoms with Crippen molar-refractivity contribution in [3.63, 3.8) is 0 Å². The Bertz CT molecular complexity index is 859. The van der Waals surface area contributed by atoms with Crippen molar-refractivity contribution in [3.05, 3.63) is 0 Å². The minimum Gasteiger partial charge on any atom is -0.462 e. The molecular formula is C55H106O6. The highest BCUT2D eigenvalue weighted by Crippen LogP contribution is 2.17. The molecule has 0 N–H and O–H groups in total. The van der Waals surface area contributed by atoms with Gasteiger partial charge in [0.1, 0.15) is 13.2 Å². The normalized spacial score (nSPS) is 11.4. The summed E-state index contributed by atoms with van der Waals surface area (Å²) >= 11 is 0. The van der Waals surface area contributed by atoms with Crippen molar-refractivity contribution in [2.24, 2.45) is 0 Å². The van der Waals surface area contributed by atoms with Crippen molar-refractivity contribution in [2.45, 2.75) is 322 Å². The lowest BCUT2D eigenvalue weighted by atomic mass is 10.0. The topological polar surface area (TPSA) is 78.9 Å². The van der Waals surface area contributed by atoms with Crippen LogP contribution < -0.4 is 0 Å². The Kier molecular flexibility index (Phi) is 49.7. The zero-order valence-electron chi connectivity index (χ0n) is 41.5. The van der Waals surface area contributed by atoms with Gasteiger partial charge in [-0.3, -0.25) is 14.4 Å². The van der Waals surface area contributed by atoms with Gasteiger partial charge in [-0.1, -0.05) is 278 Å². The van der Waals surface area contributed by atoms with E-state index < -0.39 is 6.10 Å². The van der Waals surface area contributed by atoms with E-state index in [2.05, 4.69) is 20.8 Å². The second-order valence-corrected chi connectivity index (χ2v) is 18.9. The summed E-state index contributed by atoms with van der Waals surface area (Å²) in [6, 6.07) is 0. The Morgan fingerprint density at radius 1 is 0.262 bits per heavy atom. The number of rotatable bonds is 51. The molecule has 0 atom stereocenters. The second kappa shape index (κ2) is 51.0. The maximum Gasteiger partial charge on any atom is 0.306 e. The van der Waals surface area contributed by atoms with E-state index in [0.29, 0.717) is 19.3 Å². The number of hydrogen-bond acceptors (Lipinski definition) is 6. The van der Waals surface area contributed by atoms with Crippen LogP contribution >= 0.6 is 0 Å². The lowest BCUT2D eigenvalue weighted by Gasteiger charge is -2.18. The first kappa shape index (κ1) is 59.4. The zero-order chi connectivity index (χ0) is 44.4. The molecule has 0 aliphatic carbocycles. The van der Waals surface area contributed by atoms with Gasteiger partial charge in [0.2, 0.25) is 0 Å². The Hall–Kier alpha value is -1.59. The van der Waals surface area contributed by atoms with Crippen LogP contribution in [0.3, 0.4) is 0 Å². The molecule has 0 aliphatic rings. The van der Waals surface area contributed by atoms with Gasteiger partial charge in [0, 0.05) is 19.3 Å². The molecule has 0 aromatic carbocycles. The van der Waals surface area contributed by atoms with Crippen LogP contribution in [0.4, 0.5) is 0 Å². The van der Waals surface area contributed by atoms with Crippen LogP contribution in [0.5, 0.6) is 0 Å². The molecular weight excluding hydrogens is 757 g/mol. The molecule has 0 unspecified atom stereocenters. The smallest absolute Gasteiger partial charge is 0.306 e. The molecule has 0 fully saturated rings. The standard InChI is InChI=1S/C55H106O6/c1-4-7-10-13-16-19-22-25-26-27-28-31-34-37-40-43-46-49-55(58)61-52(50-59-53(56)47-44-41-38-35-32-29-23-20-17-14-11-8-5-2)51-60-54(57)48-45-42-39-36-33-30-24-21-18-15-12-9-6-3/h52H,4-51H2,1-3H3. The van der Waals surface area contributed by atoms with Crippen molar-refractivity contribution in [1.29, 1.82) is 0 Å². The van der Waals surface area contributed by atoms with Gasteiger partial charge >= 0.3 is 17.9 Å². The maximum absolute atomic E-state index is 12.8. The van der Waals surface area contributed by atoms with Crippen LogP contribution in [-0.2, 0) is 28.6 Å². The summed E-state index contributed by atoms with van der Waals surface area (Å²) in [4.78, 5) is 38.0. The molecule has 6 nitrogen and oxygen atoms in total. The monoisotopic (exact) mass is 863 g/mol. The van der Waals surface area contributed by atoms with Gasteiger partial charge in [0.15, 0.2) is 6.10 Å². The van der Waals surface area contributed by atoms with Crippen molar-refractivity contribution < 1.29 is 28.6 Å². The van der Waals surface area contributed by atoms with E-state index in [1.54, 1.807) is 0 Å². The zero-order valence-corrected chi connectivity index (χ0v) is 41.5. The fourth-order valence-electron chi connectivity index (χ4n) is 8.45. The third-order valence-corrected chi connectivity index (χ3v) is 12.6. The van der Waals surface area contributed by atoms with Crippen LogP contribution in [0.15, 0.2) is 0 Å². The molecule has 0 aromatic rings. The van der Waals surface area contributed by atoms with Crippen LogP contribution in [-0.4, -0.2) is 37.2 Å². The molecule has 0 aliphatic heterocycles. The number of esters is 3. The van der Waals surface area contributed by atoms with Crippen molar-refractivity contribution >= 4 is 17.9 Å². The summed E-state index contributed by atoms with van der Waals surface area (Å²) < 4.78 is 16.8. The van der Waals surface area contributed by atoms with E-state index in [4.69, 9.17) is 14.2 Å². The molecule has 0 radical (unpaired) electrons. The van der Waals surface area contributed by atoms with Gasteiger partial charge < -0.3 is 14.2 Å². The summed E-state index contributed by atoms with van der Waals surface area (Å²) in [6.45, 7) is 6.69. The largest absolute Gasteiger partial charge is 0.462 e. The predicted molar refractivity (Wildman–Crippen MR) is 261 cm³/mol. The van der Waals surface area contributed by atoms with Crippen LogP contribution in [0, 0.1) is 0 Å². The number of carbonyl (C=O) groups excluding carboxylic acids is 3. The lowest BCUT2D eigenvalue weighted by molar-refractivity contribution is -0.167. The minimum absolute atomic E-state index is 0.0614. The predicted octanol–water partition coefficient (Wildman–Crippen LogP) is 18.0. The van der Waals surface area contributed by atoms with Crippen molar-refractivity contribution in [3.8, 4) is 0 Å². The average Bonchev–Trinajstić information content (AvgIpc) is 3.26. The first-order chi connectivity index (χ1) is 30.0. The molecule has 0 rings (SSSR count). The summed E-state index contributed by atoms with van der Waals surface area (Å²) in [5, 5.41) is 0. The number of unbranched alkanes of at least 4 members (excludes halogenated alkanes) is 40. The van der Waals surface area contributed by atoms with Gasteiger partial charge in [-0.2, -0.15) is 0 Å². The summed E-state index contributed by atoms with van der Waals surface area (Å²) in [5.41, 5.74) is 0. The average molecular weight is 863 g/mol. The van der Waals surface area contributed by atoms with E-state index in [0.717, 1.165) is 57.8 Å². The first-order valence-electron chi connectivity index (χ1n) is 27.5. The molecule has 0 heterocycles. The van der Waals surface area contributed by atoms with E-state index in [-0.39, 0.29) is 31.1 Å². The van der Waals surface area contributed by atoms with Crippen molar-refractivity contribution in [2.75, 3.05) is 13.2 Å². The highest BCUT2D eigenvalue weighted by molar-refractivity contribution is 5.71. The third-order valence-electron chi connectivity index (χ3n) is 12.6. The molecule has 0 spiro atoms. The maximum atomic E-state index is 12.8. The highest BCUT2D eigenvalue weighted by atomic mass is 16.6. The summed E-state index contributed by atoms with van der Waals surface area (Å²) in [5.74, 6) is -0.836. The van der Waals surface area contributed by atoms with E-state index >= 15 is 0 Å². The van der Waals surface area contributed by atoms with Crippen LogP contribution in [0.1, 0.15) is 316 Å². The van der Waals surface area contributed by atoms with Crippen LogP contribution in [0.25, 0.3) is 0 Å². The number of carbonyl (C=O) groups is 3. The molecule has 61 heavy (non-hydrogen) atoms. The van der Waals surface area contributed by atoms with E-state index in [9.17, 15) is 14.4 Å². The second-order valence-electron chi connectivity index (χ2n) is 18.9. The molecule has 0 saturated heterocycles. The SMILES string of the molecule is CCCCCCCCCCCCCCCCCCCC(=O)OC(COC(=O)CCCCCCCCCCCCCCC)COC(=O)CCCCCCCCCCCCCCC. The van der Waals surface area contributed by atoms with Crippen LogP contribution in [0.2, 0.25) is 0 Å². The van der Waals surface area contributed by atoms with Gasteiger partial charge in [0.25, 0.3) is 0 Å². The lowest BCUT2D eigenvalue weighted by Crippen LogP contribution is -2.30. The Morgan fingerprint density at radius 2 is 0.443 bits per heavy atom. The Balaban J connectivity index is 4.29. The van der Waals surface area contributed by atoms with Gasteiger partial charge in [-0.15, -0.1) is 0 Å². The first-order valence-corrected chi connectivity index (χ1v) is 27.5.